The van der Waals surface area contributed by atoms with E-state index < -0.39 is 5.97 Å². The van der Waals surface area contributed by atoms with Crippen LogP contribution in [0.15, 0.2) is 0 Å². The van der Waals surface area contributed by atoms with Gasteiger partial charge in [0.15, 0.2) is 5.97 Å². The van der Waals surface area contributed by atoms with Gasteiger partial charge < -0.3 is 9.90 Å². The van der Waals surface area contributed by atoms with E-state index in [2.05, 4.69) is 6.92 Å². The second kappa shape index (κ2) is 6.51. The molecule has 4 nitrogen and oxygen atoms in total. The van der Waals surface area contributed by atoms with E-state index in [-0.39, 0.29) is 0 Å². The number of carboxylic acid groups (broad SMARTS) is 1. The van der Waals surface area contributed by atoms with Crippen LogP contribution in [0.4, 0.5) is 0 Å². The van der Waals surface area contributed by atoms with Crippen molar-refractivity contribution in [2.45, 2.75) is 39.0 Å². The summed E-state index contributed by atoms with van der Waals surface area (Å²) < 4.78 is 1.77. The first-order chi connectivity index (χ1) is 7.66. The molecule has 0 saturated carbocycles. The largest absolute Gasteiger partial charge is 0.538 e. The van der Waals surface area contributed by atoms with Gasteiger partial charge in [-0.3, -0.25) is 9.48 Å². The molecule has 0 aliphatic carbocycles. The minimum Gasteiger partial charge on any atom is -0.538 e. The summed E-state index contributed by atoms with van der Waals surface area (Å²) in [6.07, 6.45) is 6.03. The summed E-state index contributed by atoms with van der Waals surface area (Å²) in [5.74, 6) is -0.691. The lowest BCUT2D eigenvalue weighted by Gasteiger charge is -2.13. The van der Waals surface area contributed by atoms with Gasteiger partial charge in [0.05, 0.1) is 13.6 Å². The quantitative estimate of drug-likeness (QED) is 0.455. The maximum atomic E-state index is 10.9. The molecule has 4 heteroatoms. The number of hydrogen-bond acceptors (Lipinski definition) is 3. The number of aliphatic carboxylic acids is 1. The molecular formula is C12H22N2O2. The Morgan fingerprint density at radius 3 is 2.69 bits per heavy atom. The Hall–Kier alpha value is -1.06. The first kappa shape index (κ1) is 13.0. The Labute approximate surface area is 97.6 Å². The van der Waals surface area contributed by atoms with Crippen molar-refractivity contribution in [3.05, 3.63) is 0 Å². The zero-order valence-corrected chi connectivity index (χ0v) is 10.4. The molecule has 1 aliphatic rings. The van der Waals surface area contributed by atoms with Gasteiger partial charge >= 0.3 is 0 Å². The monoisotopic (exact) mass is 226 g/mol. The van der Waals surface area contributed by atoms with Gasteiger partial charge in [0, 0.05) is 0 Å². The van der Waals surface area contributed by atoms with Gasteiger partial charge in [0.2, 0.25) is 0 Å². The number of unbranched alkanes of at least 4 members (excludes halogenated alkanes) is 4. The molecule has 0 saturated heterocycles. The molecule has 0 unspecified atom stereocenters. The first-order valence-electron chi connectivity index (χ1n) is 6.21. The van der Waals surface area contributed by atoms with E-state index in [1.54, 1.807) is 4.58 Å². The predicted octanol–water partition coefficient (Wildman–Crippen LogP) is 0.0631. The lowest BCUT2D eigenvalue weighted by atomic mass is 10.1. The molecule has 0 aromatic heterocycles. The average Bonchev–Trinajstić information content (AvgIpc) is 2.59. The van der Waals surface area contributed by atoms with Crippen LogP contribution in [-0.4, -0.2) is 48.0 Å². The third-order valence-electron chi connectivity index (χ3n) is 3.08. The maximum Gasteiger partial charge on any atom is 0.295 e. The summed E-state index contributed by atoms with van der Waals surface area (Å²) in [5.41, 5.74) is 0. The zero-order valence-electron chi connectivity index (χ0n) is 10.4. The van der Waals surface area contributed by atoms with Crippen molar-refractivity contribution in [2.24, 2.45) is 0 Å². The molecular weight excluding hydrogens is 204 g/mol. The number of carboxylic acids is 1. The summed E-state index contributed by atoms with van der Waals surface area (Å²) >= 11 is 0. The summed E-state index contributed by atoms with van der Waals surface area (Å²) in [4.78, 5) is 12.9. The van der Waals surface area contributed by atoms with Gasteiger partial charge in [0.25, 0.3) is 5.84 Å². The SMILES string of the molecule is CCCCCCCN1CC[N+](C)=C1C(=O)[O-]. The van der Waals surface area contributed by atoms with Crippen LogP contribution in [0.1, 0.15) is 39.0 Å². The Balaban J connectivity index is 2.30. The highest BCUT2D eigenvalue weighted by atomic mass is 16.4. The molecule has 0 aromatic carbocycles. The molecule has 1 heterocycles. The van der Waals surface area contributed by atoms with Crippen molar-refractivity contribution in [1.29, 1.82) is 0 Å². The Morgan fingerprint density at radius 2 is 2.06 bits per heavy atom. The normalized spacial score (nSPS) is 16.0. The van der Waals surface area contributed by atoms with Crippen LogP contribution in [-0.2, 0) is 4.79 Å². The van der Waals surface area contributed by atoms with E-state index >= 15 is 0 Å². The van der Waals surface area contributed by atoms with E-state index in [1.807, 2.05) is 11.9 Å². The summed E-state index contributed by atoms with van der Waals surface area (Å²) in [5, 5.41) is 10.9. The number of amidine groups is 1. The molecule has 0 N–H and O–H groups in total. The van der Waals surface area contributed by atoms with Crippen molar-refractivity contribution in [3.63, 3.8) is 0 Å². The summed E-state index contributed by atoms with van der Waals surface area (Å²) in [7, 11) is 1.81. The van der Waals surface area contributed by atoms with Gasteiger partial charge in [-0.2, -0.15) is 0 Å². The van der Waals surface area contributed by atoms with Crippen molar-refractivity contribution in [3.8, 4) is 0 Å². The number of nitrogens with zero attached hydrogens (tertiary/aromatic N) is 2. The molecule has 0 radical (unpaired) electrons. The molecule has 16 heavy (non-hydrogen) atoms. The molecule has 0 bridgehead atoms. The predicted molar refractivity (Wildman–Crippen MR) is 61.4 cm³/mol. The minimum atomic E-state index is -1.05. The standard InChI is InChI=1S/C12H22N2O2/c1-3-4-5-6-7-8-14-10-9-13(2)11(14)12(15)16/h3-10H2,1-2H3. The van der Waals surface area contributed by atoms with Crippen molar-refractivity contribution in [1.82, 2.24) is 4.90 Å². The number of carbonyl (C=O) groups is 1. The van der Waals surface area contributed by atoms with Crippen molar-refractivity contribution in [2.75, 3.05) is 26.7 Å². The fourth-order valence-electron chi connectivity index (χ4n) is 2.13. The van der Waals surface area contributed by atoms with Crippen LogP contribution in [0.3, 0.4) is 0 Å². The van der Waals surface area contributed by atoms with E-state index in [1.165, 1.54) is 25.7 Å². The fourth-order valence-corrected chi connectivity index (χ4v) is 2.13. The zero-order chi connectivity index (χ0) is 12.0. The molecule has 92 valence electrons. The van der Waals surface area contributed by atoms with Crippen LogP contribution in [0.2, 0.25) is 0 Å². The second-order valence-electron chi connectivity index (χ2n) is 4.43. The topological polar surface area (TPSA) is 46.4 Å². The van der Waals surface area contributed by atoms with E-state index in [9.17, 15) is 9.90 Å². The van der Waals surface area contributed by atoms with Gasteiger partial charge in [-0.1, -0.05) is 26.2 Å². The van der Waals surface area contributed by atoms with Crippen molar-refractivity contribution < 1.29 is 14.5 Å². The van der Waals surface area contributed by atoms with Gasteiger partial charge in [0.1, 0.15) is 13.1 Å². The molecule has 0 atom stereocenters. The lowest BCUT2D eigenvalue weighted by Crippen LogP contribution is -2.44. The number of hydrogen-bond donors (Lipinski definition) is 0. The number of carbonyl (C=O) groups excluding carboxylic acids is 1. The highest BCUT2D eigenvalue weighted by molar-refractivity contribution is 6.31. The molecule has 0 aromatic rings. The second-order valence-corrected chi connectivity index (χ2v) is 4.43. The van der Waals surface area contributed by atoms with Crippen LogP contribution in [0.25, 0.3) is 0 Å². The van der Waals surface area contributed by atoms with Crippen LogP contribution in [0, 0.1) is 0 Å². The maximum absolute atomic E-state index is 10.9. The van der Waals surface area contributed by atoms with Crippen molar-refractivity contribution >= 4 is 11.8 Å². The van der Waals surface area contributed by atoms with E-state index in [0.29, 0.717) is 5.84 Å². The third kappa shape index (κ3) is 3.51. The highest BCUT2D eigenvalue weighted by Crippen LogP contribution is 2.06. The lowest BCUT2D eigenvalue weighted by molar-refractivity contribution is -0.488. The summed E-state index contributed by atoms with van der Waals surface area (Å²) in [6.45, 7) is 4.64. The van der Waals surface area contributed by atoms with Crippen LogP contribution >= 0.6 is 0 Å². The average molecular weight is 226 g/mol. The Kier molecular flexibility index (Phi) is 5.29. The minimum absolute atomic E-state index is 0.357. The highest BCUT2D eigenvalue weighted by Gasteiger charge is 2.28. The van der Waals surface area contributed by atoms with Crippen LogP contribution in [0.5, 0.6) is 0 Å². The third-order valence-corrected chi connectivity index (χ3v) is 3.08. The van der Waals surface area contributed by atoms with E-state index in [0.717, 1.165) is 26.1 Å². The first-order valence-corrected chi connectivity index (χ1v) is 6.21. The van der Waals surface area contributed by atoms with E-state index in [4.69, 9.17) is 0 Å². The summed E-state index contributed by atoms with van der Waals surface area (Å²) in [6, 6.07) is 0. The molecule has 1 rings (SSSR count). The molecule has 1 aliphatic heterocycles. The molecule has 0 spiro atoms. The molecule has 0 amide bonds. The van der Waals surface area contributed by atoms with Gasteiger partial charge in [-0.25, -0.2) is 0 Å². The number of rotatable bonds is 7. The molecule has 0 fully saturated rings. The Morgan fingerprint density at radius 1 is 1.38 bits per heavy atom. The van der Waals surface area contributed by atoms with Gasteiger partial charge in [-0.05, 0) is 12.8 Å². The number of likely N-dealkylation sites (N-methyl/N-ethyl adjacent to an activating group) is 1. The van der Waals surface area contributed by atoms with Gasteiger partial charge in [-0.15, -0.1) is 0 Å². The Bertz CT molecular complexity index is 274. The fraction of sp³-hybridized carbons (Fsp3) is 0.833. The van der Waals surface area contributed by atoms with Crippen LogP contribution < -0.4 is 5.11 Å². The smallest absolute Gasteiger partial charge is 0.295 e.